The molecule has 0 radical (unpaired) electrons. The molecule has 0 amide bonds. The molecule has 0 atom stereocenters. The molecule has 0 fully saturated rings. The summed E-state index contributed by atoms with van der Waals surface area (Å²) in [5.74, 6) is -0.0453. The molecule has 0 bridgehead atoms. The predicted molar refractivity (Wildman–Crippen MR) is 77.6 cm³/mol. The summed E-state index contributed by atoms with van der Waals surface area (Å²) in [5.41, 5.74) is 0.112. The second kappa shape index (κ2) is 8.09. The Labute approximate surface area is 125 Å². The smallest absolute Gasteiger partial charge is 0.412 e. The lowest BCUT2D eigenvalue weighted by molar-refractivity contribution is -0.0928. The molecule has 0 aromatic heterocycles. The zero-order valence-electron chi connectivity index (χ0n) is 12.2. The van der Waals surface area contributed by atoms with Crippen molar-refractivity contribution in [1.82, 2.24) is 4.91 Å². The van der Waals surface area contributed by atoms with Gasteiger partial charge in [-0.1, -0.05) is 24.3 Å². The van der Waals surface area contributed by atoms with Crippen molar-refractivity contribution in [3.63, 3.8) is 0 Å². The van der Waals surface area contributed by atoms with Crippen molar-refractivity contribution in [3.05, 3.63) is 46.9 Å². The van der Waals surface area contributed by atoms with Crippen LogP contribution in [-0.4, -0.2) is 31.1 Å². The lowest BCUT2D eigenvalue weighted by atomic mass is 10.2. The van der Waals surface area contributed by atoms with Crippen molar-refractivity contribution in [1.29, 1.82) is 0 Å². The van der Waals surface area contributed by atoms with E-state index >= 15 is 0 Å². The first-order chi connectivity index (χ1) is 10.3. The van der Waals surface area contributed by atoms with E-state index in [-0.39, 0.29) is 24.4 Å². The minimum atomic E-state index is -4.34. The predicted octanol–water partition coefficient (Wildman–Crippen LogP) is 3.82. The number of halogens is 3. The van der Waals surface area contributed by atoms with Crippen LogP contribution in [0.15, 0.2) is 62.1 Å². The maximum atomic E-state index is 12.6. The normalized spacial score (nSPS) is 16.4. The number of nitrogens with zero attached hydrogens (tertiary/aromatic N) is 4. The molecule has 1 rings (SSSR count). The molecule has 5 nitrogen and oxygen atoms in total. The van der Waals surface area contributed by atoms with Gasteiger partial charge in [-0.25, -0.2) is 0 Å². The average Bonchev–Trinajstić information content (AvgIpc) is 2.67. The van der Waals surface area contributed by atoms with E-state index in [0.717, 1.165) is 6.08 Å². The number of hydrogen-bond donors (Lipinski definition) is 1. The molecule has 22 heavy (non-hydrogen) atoms. The third-order valence-corrected chi connectivity index (χ3v) is 2.65. The summed E-state index contributed by atoms with van der Waals surface area (Å²) in [4.78, 5) is 7.44. The van der Waals surface area contributed by atoms with E-state index in [1.165, 1.54) is 38.4 Å². The topological polar surface area (TPSA) is 71.4 Å². The van der Waals surface area contributed by atoms with Gasteiger partial charge in [-0.2, -0.15) is 13.2 Å². The molecule has 118 valence electrons. The van der Waals surface area contributed by atoms with Crippen LogP contribution in [0.2, 0.25) is 0 Å². The third kappa shape index (κ3) is 5.88. The minimum Gasteiger partial charge on any atom is -0.511 e. The quantitative estimate of drug-likeness (QED) is 0.364. The highest BCUT2D eigenvalue weighted by Gasteiger charge is 2.32. The Morgan fingerprint density at radius 1 is 1.41 bits per heavy atom. The van der Waals surface area contributed by atoms with E-state index in [0.29, 0.717) is 5.57 Å². The number of aliphatic hydroxyl groups excluding tert-OH is 1. The van der Waals surface area contributed by atoms with Gasteiger partial charge in [-0.15, -0.1) is 0 Å². The van der Waals surface area contributed by atoms with Crippen LogP contribution in [0.1, 0.15) is 13.3 Å². The van der Waals surface area contributed by atoms with Crippen molar-refractivity contribution in [2.45, 2.75) is 19.5 Å². The van der Waals surface area contributed by atoms with Gasteiger partial charge in [0.25, 0.3) is 0 Å². The van der Waals surface area contributed by atoms with Crippen LogP contribution >= 0.6 is 0 Å². The van der Waals surface area contributed by atoms with Crippen molar-refractivity contribution in [3.8, 4) is 0 Å². The molecule has 0 aliphatic heterocycles. The first kappa shape index (κ1) is 17.6. The van der Waals surface area contributed by atoms with Crippen LogP contribution in [0.5, 0.6) is 0 Å². The second-order valence-corrected chi connectivity index (χ2v) is 4.34. The Morgan fingerprint density at radius 2 is 2.14 bits per heavy atom. The highest BCUT2D eigenvalue weighted by atomic mass is 19.4. The molecular formula is C14H16F3N4O+. The molecule has 0 unspecified atom stereocenters. The van der Waals surface area contributed by atoms with E-state index in [1.807, 2.05) is 0 Å². The Hall–Kier alpha value is -2.47. The number of aliphatic hydroxyl groups is 1. The van der Waals surface area contributed by atoms with Crippen molar-refractivity contribution >= 4 is 6.21 Å². The summed E-state index contributed by atoms with van der Waals surface area (Å²) < 4.78 is 37.8. The van der Waals surface area contributed by atoms with E-state index in [2.05, 4.69) is 20.1 Å². The van der Waals surface area contributed by atoms with E-state index in [4.69, 9.17) is 0 Å². The molecule has 0 saturated carbocycles. The SMILES string of the molecule is CN=[N+]=NC/C(N=CC1=CC=C(C(F)(F)F)CC=C1)=C(\C)O. The average molecular weight is 313 g/mol. The molecule has 0 aromatic rings. The van der Waals surface area contributed by atoms with Crippen LogP contribution in [0.25, 0.3) is 0 Å². The van der Waals surface area contributed by atoms with Crippen LogP contribution in [0, 0.1) is 0 Å². The zero-order valence-corrected chi connectivity index (χ0v) is 12.2. The molecule has 0 saturated heterocycles. The zero-order chi connectivity index (χ0) is 16.6. The molecule has 0 spiro atoms. The van der Waals surface area contributed by atoms with Gasteiger partial charge in [-0.3, -0.25) is 4.99 Å². The number of rotatable bonds is 4. The fraction of sp³-hybridized carbons (Fsp3) is 0.357. The van der Waals surface area contributed by atoms with Crippen molar-refractivity contribution < 1.29 is 18.3 Å². The summed E-state index contributed by atoms with van der Waals surface area (Å²) in [6, 6.07) is 0. The largest absolute Gasteiger partial charge is 0.511 e. The Bertz CT molecular complexity index is 614. The summed E-state index contributed by atoms with van der Waals surface area (Å²) in [6.45, 7) is 1.46. The van der Waals surface area contributed by atoms with Crippen LogP contribution in [0.4, 0.5) is 13.2 Å². The lowest BCUT2D eigenvalue weighted by Gasteiger charge is -2.07. The molecule has 0 aromatic carbocycles. The number of allylic oxidation sites excluding steroid dienone is 7. The fourth-order valence-corrected chi connectivity index (χ4v) is 1.50. The first-order valence-corrected chi connectivity index (χ1v) is 6.37. The van der Waals surface area contributed by atoms with Gasteiger partial charge < -0.3 is 5.11 Å². The van der Waals surface area contributed by atoms with Gasteiger partial charge in [0, 0.05) is 11.8 Å². The van der Waals surface area contributed by atoms with Gasteiger partial charge in [0.1, 0.15) is 28.7 Å². The molecule has 1 aliphatic carbocycles. The summed E-state index contributed by atoms with van der Waals surface area (Å²) in [5, 5.41) is 16.6. The molecule has 1 aliphatic rings. The van der Waals surface area contributed by atoms with E-state index in [9.17, 15) is 18.3 Å². The second-order valence-electron chi connectivity index (χ2n) is 4.34. The molecule has 1 N–H and O–H groups in total. The minimum absolute atomic E-state index is 0.0246. The van der Waals surface area contributed by atoms with Gasteiger partial charge in [0.15, 0.2) is 6.54 Å². The van der Waals surface area contributed by atoms with Gasteiger partial charge in [-0.05, 0) is 18.9 Å². The Kier molecular flexibility index (Phi) is 6.47. The van der Waals surface area contributed by atoms with Crippen molar-refractivity contribution in [2.24, 2.45) is 15.2 Å². The van der Waals surface area contributed by atoms with Gasteiger partial charge in [0.2, 0.25) is 4.91 Å². The van der Waals surface area contributed by atoms with Gasteiger partial charge in [0.05, 0.1) is 0 Å². The standard InChI is InChI=1S/C14H15F3N4O/c1-10(22)13(9-20-21-18-2)19-8-11-4-3-5-12(7-6-11)14(15,16)17/h3-4,6-8H,5,9H2,1-2H3/p+1/b13-10-,19-8?. The fourth-order valence-electron chi connectivity index (χ4n) is 1.50. The highest BCUT2D eigenvalue weighted by Crippen LogP contribution is 2.29. The maximum absolute atomic E-state index is 12.6. The number of alkyl halides is 3. The molecule has 8 heteroatoms. The van der Waals surface area contributed by atoms with Gasteiger partial charge >= 0.3 is 6.18 Å². The summed E-state index contributed by atoms with van der Waals surface area (Å²) >= 11 is 0. The lowest BCUT2D eigenvalue weighted by Crippen LogP contribution is -2.10. The van der Waals surface area contributed by atoms with Crippen molar-refractivity contribution in [2.75, 3.05) is 13.6 Å². The van der Waals surface area contributed by atoms with E-state index < -0.39 is 11.7 Å². The summed E-state index contributed by atoms with van der Waals surface area (Å²) in [7, 11) is 1.45. The monoisotopic (exact) mass is 313 g/mol. The maximum Gasteiger partial charge on any atom is 0.412 e. The van der Waals surface area contributed by atoms with Crippen LogP contribution < -0.4 is 4.91 Å². The molecular weight excluding hydrogens is 297 g/mol. The Morgan fingerprint density at radius 3 is 2.73 bits per heavy atom. The van der Waals surface area contributed by atoms with Crippen LogP contribution in [0.3, 0.4) is 0 Å². The number of hydrogen-bond acceptors (Lipinski definition) is 4. The third-order valence-electron chi connectivity index (χ3n) is 2.65. The first-order valence-electron chi connectivity index (χ1n) is 6.37. The van der Waals surface area contributed by atoms with Crippen LogP contribution in [-0.2, 0) is 0 Å². The number of aliphatic imine (C=N–C) groups is 1. The highest BCUT2D eigenvalue weighted by molar-refractivity contribution is 5.83. The summed E-state index contributed by atoms with van der Waals surface area (Å²) in [6.07, 6.45) is 2.12. The molecule has 0 heterocycles. The Balaban J connectivity index is 2.93. The van der Waals surface area contributed by atoms with E-state index in [1.54, 1.807) is 0 Å².